The lowest BCUT2D eigenvalue weighted by molar-refractivity contribution is -0.116. The van der Waals surface area contributed by atoms with Crippen LogP contribution in [0, 0.1) is 13.8 Å². The Bertz CT molecular complexity index is 1180. The SMILES string of the molecule is Cc1ccc(-c2csc3nc(NC(=O)CCOc4ccccc4Cl)nn23)c(C)c1. The van der Waals surface area contributed by atoms with Gasteiger partial charge in [-0.25, -0.2) is 4.52 Å². The largest absolute Gasteiger partial charge is 0.491 e. The molecule has 0 radical (unpaired) electrons. The summed E-state index contributed by atoms with van der Waals surface area (Å²) in [6.45, 7) is 4.36. The first kappa shape index (κ1) is 19.4. The molecule has 4 aromatic rings. The highest BCUT2D eigenvalue weighted by atomic mass is 35.5. The summed E-state index contributed by atoms with van der Waals surface area (Å²) in [7, 11) is 0. The first-order chi connectivity index (χ1) is 14.0. The van der Waals surface area contributed by atoms with E-state index >= 15 is 0 Å². The molecule has 1 amide bonds. The van der Waals surface area contributed by atoms with Gasteiger partial charge in [-0.15, -0.1) is 16.4 Å². The van der Waals surface area contributed by atoms with E-state index in [0.29, 0.717) is 10.8 Å². The van der Waals surface area contributed by atoms with Gasteiger partial charge in [0.1, 0.15) is 5.75 Å². The molecule has 0 aliphatic rings. The predicted molar refractivity (Wildman–Crippen MR) is 116 cm³/mol. The van der Waals surface area contributed by atoms with E-state index in [1.165, 1.54) is 22.5 Å². The minimum atomic E-state index is -0.219. The van der Waals surface area contributed by atoms with Gasteiger partial charge in [-0.1, -0.05) is 47.5 Å². The maximum Gasteiger partial charge on any atom is 0.250 e. The molecule has 2 aromatic carbocycles. The van der Waals surface area contributed by atoms with Gasteiger partial charge in [0.25, 0.3) is 0 Å². The number of nitrogens with one attached hydrogen (secondary N) is 1. The molecule has 0 saturated carbocycles. The fourth-order valence-corrected chi connectivity index (χ4v) is 4.04. The molecule has 29 heavy (non-hydrogen) atoms. The van der Waals surface area contributed by atoms with Crippen molar-refractivity contribution in [3.05, 3.63) is 64.0 Å². The number of ether oxygens (including phenoxy) is 1. The smallest absolute Gasteiger partial charge is 0.250 e. The number of para-hydroxylation sites is 1. The molecule has 0 aliphatic carbocycles. The molecule has 0 bridgehead atoms. The number of carbonyl (C=O) groups excluding carboxylic acids is 1. The van der Waals surface area contributed by atoms with Crippen molar-refractivity contribution in [1.82, 2.24) is 14.6 Å². The van der Waals surface area contributed by atoms with Gasteiger partial charge in [0, 0.05) is 10.9 Å². The minimum absolute atomic E-state index is 0.169. The second-order valence-corrected chi connectivity index (χ2v) is 7.89. The molecular formula is C21H19ClN4O2S. The number of hydrogen-bond donors (Lipinski definition) is 1. The zero-order valence-corrected chi connectivity index (χ0v) is 17.5. The Kier molecular flexibility index (Phi) is 5.51. The third-order valence-electron chi connectivity index (χ3n) is 4.41. The van der Waals surface area contributed by atoms with Crippen molar-refractivity contribution < 1.29 is 9.53 Å². The quantitative estimate of drug-likeness (QED) is 0.463. The lowest BCUT2D eigenvalue weighted by Gasteiger charge is -2.07. The normalized spacial score (nSPS) is 11.0. The number of carbonyl (C=O) groups is 1. The minimum Gasteiger partial charge on any atom is -0.491 e. The molecule has 0 saturated heterocycles. The number of amides is 1. The van der Waals surface area contributed by atoms with E-state index in [1.807, 2.05) is 17.5 Å². The Balaban J connectivity index is 1.43. The average molecular weight is 427 g/mol. The maximum absolute atomic E-state index is 12.2. The summed E-state index contributed by atoms with van der Waals surface area (Å²) < 4.78 is 7.31. The molecule has 2 aromatic heterocycles. The third-order valence-corrected chi connectivity index (χ3v) is 5.54. The van der Waals surface area contributed by atoms with E-state index in [2.05, 4.69) is 47.4 Å². The van der Waals surface area contributed by atoms with E-state index in [-0.39, 0.29) is 24.9 Å². The van der Waals surface area contributed by atoms with Gasteiger partial charge >= 0.3 is 0 Å². The number of rotatable bonds is 6. The van der Waals surface area contributed by atoms with Crippen LogP contribution in [0.15, 0.2) is 47.8 Å². The molecule has 0 atom stereocenters. The summed E-state index contributed by atoms with van der Waals surface area (Å²) in [5, 5.41) is 9.73. The molecule has 4 rings (SSSR count). The number of thiazole rings is 1. The van der Waals surface area contributed by atoms with Crippen LogP contribution in [0.3, 0.4) is 0 Å². The lowest BCUT2D eigenvalue weighted by Crippen LogP contribution is -2.16. The van der Waals surface area contributed by atoms with E-state index in [1.54, 1.807) is 16.6 Å². The van der Waals surface area contributed by atoms with E-state index in [9.17, 15) is 4.79 Å². The highest BCUT2D eigenvalue weighted by molar-refractivity contribution is 7.15. The summed E-state index contributed by atoms with van der Waals surface area (Å²) in [5.41, 5.74) is 4.43. The fourth-order valence-electron chi connectivity index (χ4n) is 3.02. The number of halogens is 1. The van der Waals surface area contributed by atoms with Crippen LogP contribution in [0.4, 0.5) is 5.95 Å². The van der Waals surface area contributed by atoms with E-state index in [4.69, 9.17) is 16.3 Å². The average Bonchev–Trinajstić information content (AvgIpc) is 3.24. The second kappa shape index (κ2) is 8.23. The van der Waals surface area contributed by atoms with Crippen LogP contribution in [0.1, 0.15) is 17.5 Å². The van der Waals surface area contributed by atoms with Crippen LogP contribution in [0.5, 0.6) is 5.75 Å². The molecule has 0 fully saturated rings. The Morgan fingerprint density at radius 3 is 2.86 bits per heavy atom. The fraction of sp³-hybridized carbons (Fsp3) is 0.190. The monoisotopic (exact) mass is 426 g/mol. The lowest BCUT2D eigenvalue weighted by atomic mass is 10.0. The van der Waals surface area contributed by atoms with Gasteiger partial charge in [0.15, 0.2) is 0 Å². The number of hydrogen-bond acceptors (Lipinski definition) is 5. The van der Waals surface area contributed by atoms with Crippen LogP contribution < -0.4 is 10.1 Å². The zero-order valence-electron chi connectivity index (χ0n) is 16.0. The highest BCUT2D eigenvalue weighted by Gasteiger charge is 2.15. The molecule has 1 N–H and O–H groups in total. The first-order valence-corrected chi connectivity index (χ1v) is 10.4. The summed E-state index contributed by atoms with van der Waals surface area (Å²) in [6, 6.07) is 13.5. The van der Waals surface area contributed by atoms with Gasteiger partial charge in [-0.3, -0.25) is 10.1 Å². The summed E-state index contributed by atoms with van der Waals surface area (Å²) >= 11 is 7.52. The Hall–Kier alpha value is -2.90. The molecule has 6 nitrogen and oxygen atoms in total. The molecule has 0 spiro atoms. The highest BCUT2D eigenvalue weighted by Crippen LogP contribution is 2.29. The maximum atomic E-state index is 12.2. The predicted octanol–water partition coefficient (Wildman–Crippen LogP) is 5.14. The second-order valence-electron chi connectivity index (χ2n) is 6.65. The van der Waals surface area contributed by atoms with Crippen molar-refractivity contribution in [2.24, 2.45) is 0 Å². The van der Waals surface area contributed by atoms with Crippen LogP contribution in [-0.4, -0.2) is 27.1 Å². The van der Waals surface area contributed by atoms with Crippen molar-refractivity contribution in [3.63, 3.8) is 0 Å². The number of fused-ring (bicyclic) bond motifs is 1. The molecule has 0 unspecified atom stereocenters. The number of anilines is 1. The van der Waals surface area contributed by atoms with Crippen molar-refractivity contribution in [2.45, 2.75) is 20.3 Å². The third kappa shape index (κ3) is 4.26. The molecule has 148 valence electrons. The first-order valence-electron chi connectivity index (χ1n) is 9.10. The van der Waals surface area contributed by atoms with Gasteiger partial charge in [0.2, 0.25) is 16.8 Å². The van der Waals surface area contributed by atoms with Gasteiger partial charge < -0.3 is 4.74 Å². The number of benzene rings is 2. The standard InChI is InChI=1S/C21H19ClN4O2S/c1-13-7-8-15(14(2)11-13)17-12-29-21-24-20(25-26(17)21)23-19(27)9-10-28-18-6-4-3-5-16(18)22/h3-8,11-12H,9-10H2,1-2H3,(H,23,25,27). The van der Waals surface area contributed by atoms with Gasteiger partial charge in [-0.05, 0) is 31.5 Å². The van der Waals surface area contributed by atoms with Crippen molar-refractivity contribution in [3.8, 4) is 17.0 Å². The molecule has 2 heterocycles. The topological polar surface area (TPSA) is 68.5 Å². The van der Waals surface area contributed by atoms with Gasteiger partial charge in [0.05, 0.1) is 23.7 Å². The van der Waals surface area contributed by atoms with Crippen molar-refractivity contribution in [2.75, 3.05) is 11.9 Å². The molecular weight excluding hydrogens is 408 g/mol. The number of aromatic nitrogens is 3. The molecule has 0 aliphatic heterocycles. The number of nitrogens with zero attached hydrogens (tertiary/aromatic N) is 3. The van der Waals surface area contributed by atoms with Crippen LogP contribution in [0.25, 0.3) is 16.2 Å². The van der Waals surface area contributed by atoms with E-state index < -0.39 is 0 Å². The van der Waals surface area contributed by atoms with Crippen LogP contribution in [-0.2, 0) is 4.79 Å². The van der Waals surface area contributed by atoms with Crippen molar-refractivity contribution >= 4 is 39.8 Å². The summed E-state index contributed by atoms with van der Waals surface area (Å²) in [6.07, 6.45) is 0.169. The van der Waals surface area contributed by atoms with Crippen LogP contribution >= 0.6 is 22.9 Å². The number of aryl methyl sites for hydroxylation is 2. The molecule has 8 heteroatoms. The van der Waals surface area contributed by atoms with Crippen LogP contribution in [0.2, 0.25) is 5.02 Å². The Labute approximate surface area is 177 Å². The summed E-state index contributed by atoms with van der Waals surface area (Å²) in [5.74, 6) is 0.620. The zero-order chi connectivity index (χ0) is 20.4. The Morgan fingerprint density at radius 2 is 2.07 bits per heavy atom. The van der Waals surface area contributed by atoms with E-state index in [0.717, 1.165) is 16.2 Å². The Morgan fingerprint density at radius 1 is 1.24 bits per heavy atom. The van der Waals surface area contributed by atoms with Gasteiger partial charge in [-0.2, -0.15) is 4.98 Å². The summed E-state index contributed by atoms with van der Waals surface area (Å²) in [4.78, 5) is 17.4. The van der Waals surface area contributed by atoms with Crippen molar-refractivity contribution in [1.29, 1.82) is 0 Å².